The molecule has 0 fully saturated rings. The first-order valence-electron chi connectivity index (χ1n) is 13.5. The van der Waals surface area contributed by atoms with Crippen molar-refractivity contribution in [1.29, 1.82) is 0 Å². The Kier molecular flexibility index (Phi) is 10.2. The van der Waals surface area contributed by atoms with E-state index in [9.17, 15) is 33.0 Å². The lowest BCUT2D eigenvalue weighted by Gasteiger charge is -2.39. The Labute approximate surface area is 233 Å². The van der Waals surface area contributed by atoms with Crippen molar-refractivity contribution in [2.75, 3.05) is 26.4 Å². The molecule has 1 amide bonds. The molecule has 4 unspecified atom stereocenters. The van der Waals surface area contributed by atoms with Crippen LogP contribution in [0.15, 0.2) is 54.3 Å². The Bertz CT molecular complexity index is 1160. The molecule has 1 aromatic rings. The number of alkyl halides is 3. The molecule has 7 nitrogen and oxygen atoms in total. The van der Waals surface area contributed by atoms with Gasteiger partial charge in [-0.25, -0.2) is 0 Å². The van der Waals surface area contributed by atoms with Crippen molar-refractivity contribution in [3.05, 3.63) is 65.5 Å². The van der Waals surface area contributed by atoms with E-state index in [1.807, 2.05) is 27.7 Å². The molecule has 3 rings (SSSR count). The van der Waals surface area contributed by atoms with Crippen LogP contribution in [0.3, 0.4) is 0 Å². The predicted octanol–water partition coefficient (Wildman–Crippen LogP) is 4.74. The van der Waals surface area contributed by atoms with Crippen LogP contribution in [0.2, 0.25) is 0 Å². The van der Waals surface area contributed by atoms with Crippen molar-refractivity contribution < 1.29 is 42.4 Å². The number of carbonyl (C=O) groups excluding carboxylic acids is 2. The molecule has 4 atom stereocenters. The molecule has 2 aliphatic rings. The molecule has 10 heteroatoms. The van der Waals surface area contributed by atoms with Gasteiger partial charge in [0.1, 0.15) is 25.1 Å². The third-order valence-corrected chi connectivity index (χ3v) is 7.83. The quantitative estimate of drug-likeness (QED) is 0.356. The van der Waals surface area contributed by atoms with Crippen LogP contribution in [0.4, 0.5) is 13.2 Å². The standard InChI is InChI=1S/C30H38F3NO6/c1-5-29(4,19(2)3)28(38)40-18-21(36)17-39-22-12-11-20-15-24(23-9-6-7-10-25(23)30(31,32)33)27(37)34(13-8-14-35)26(20)16-22/h6-7,9-12,15-16,19-21,26,35-36H,5,8,13-14,17-18H2,1-4H3. The zero-order valence-corrected chi connectivity index (χ0v) is 23.3. The second kappa shape index (κ2) is 13.0. The van der Waals surface area contributed by atoms with Crippen molar-refractivity contribution in [2.45, 2.75) is 58.9 Å². The first kappa shape index (κ1) is 31.4. The van der Waals surface area contributed by atoms with E-state index in [0.717, 1.165) is 6.07 Å². The van der Waals surface area contributed by atoms with Crippen molar-refractivity contribution >= 4 is 17.4 Å². The van der Waals surface area contributed by atoms with Gasteiger partial charge in [-0.15, -0.1) is 0 Å². The van der Waals surface area contributed by atoms with Gasteiger partial charge in [0.25, 0.3) is 5.91 Å². The maximum absolute atomic E-state index is 13.7. The van der Waals surface area contributed by atoms with Crippen LogP contribution in [0, 0.1) is 17.3 Å². The second-order valence-corrected chi connectivity index (χ2v) is 10.7. The Hall–Kier alpha value is -3.11. The van der Waals surface area contributed by atoms with Crippen LogP contribution in [0.1, 0.15) is 51.7 Å². The molecule has 1 heterocycles. The van der Waals surface area contributed by atoms with Gasteiger partial charge < -0.3 is 24.6 Å². The third-order valence-electron chi connectivity index (χ3n) is 7.83. The summed E-state index contributed by atoms with van der Waals surface area (Å²) >= 11 is 0. The minimum Gasteiger partial charge on any atom is -0.491 e. The molecule has 1 aliphatic heterocycles. The molecule has 1 aromatic carbocycles. The van der Waals surface area contributed by atoms with Crippen LogP contribution in [-0.4, -0.2) is 65.5 Å². The van der Waals surface area contributed by atoms with E-state index >= 15 is 0 Å². The average molecular weight is 566 g/mol. The Morgan fingerprint density at radius 3 is 2.48 bits per heavy atom. The molecule has 0 radical (unpaired) electrons. The van der Waals surface area contributed by atoms with Crippen LogP contribution < -0.4 is 0 Å². The third kappa shape index (κ3) is 6.96. The summed E-state index contributed by atoms with van der Waals surface area (Å²) in [5.41, 5.74) is -1.80. The summed E-state index contributed by atoms with van der Waals surface area (Å²) in [7, 11) is 0. The molecule has 2 N–H and O–H groups in total. The lowest BCUT2D eigenvalue weighted by atomic mass is 9.77. The molecule has 220 valence electrons. The van der Waals surface area contributed by atoms with E-state index in [0.29, 0.717) is 12.2 Å². The highest BCUT2D eigenvalue weighted by Gasteiger charge is 2.40. The molecule has 40 heavy (non-hydrogen) atoms. The van der Waals surface area contributed by atoms with Crippen LogP contribution in [0.25, 0.3) is 5.57 Å². The smallest absolute Gasteiger partial charge is 0.417 e. The number of allylic oxidation sites excluding steroid dienone is 1. The highest BCUT2D eigenvalue weighted by Crippen LogP contribution is 2.39. The Morgan fingerprint density at radius 2 is 1.85 bits per heavy atom. The number of ether oxygens (including phenoxy) is 2. The van der Waals surface area contributed by atoms with E-state index in [-0.39, 0.29) is 49.8 Å². The molecule has 0 saturated carbocycles. The Balaban J connectivity index is 1.75. The summed E-state index contributed by atoms with van der Waals surface area (Å²) in [6, 6.07) is 4.42. The first-order chi connectivity index (χ1) is 18.8. The van der Waals surface area contributed by atoms with Crippen LogP contribution in [0.5, 0.6) is 0 Å². The first-order valence-corrected chi connectivity index (χ1v) is 13.5. The summed E-state index contributed by atoms with van der Waals surface area (Å²) in [4.78, 5) is 27.4. The summed E-state index contributed by atoms with van der Waals surface area (Å²) in [6.45, 7) is 7.13. The van der Waals surface area contributed by atoms with E-state index in [2.05, 4.69) is 0 Å². The van der Waals surface area contributed by atoms with Gasteiger partial charge in [-0.2, -0.15) is 13.2 Å². The lowest BCUT2D eigenvalue weighted by Crippen LogP contribution is -2.48. The number of hydrogen-bond acceptors (Lipinski definition) is 6. The topological polar surface area (TPSA) is 96.3 Å². The number of rotatable bonds is 12. The van der Waals surface area contributed by atoms with E-state index in [1.54, 1.807) is 18.2 Å². The minimum atomic E-state index is -4.63. The van der Waals surface area contributed by atoms with E-state index in [1.165, 1.54) is 29.2 Å². The number of amides is 1. The maximum atomic E-state index is 13.7. The number of hydrogen-bond donors (Lipinski definition) is 2. The number of nitrogens with zero attached hydrogens (tertiary/aromatic N) is 1. The zero-order valence-electron chi connectivity index (χ0n) is 23.3. The number of benzene rings is 1. The molecular weight excluding hydrogens is 527 g/mol. The van der Waals surface area contributed by atoms with Crippen molar-refractivity contribution in [1.82, 2.24) is 4.90 Å². The highest BCUT2D eigenvalue weighted by molar-refractivity contribution is 6.21. The SMILES string of the molecule is CCC(C)(C(=O)OCC(O)COC1=CC2C(C=C1)C=C(c1ccccc1C(F)(F)F)C(=O)N2CCCO)C(C)C. The molecule has 1 aliphatic carbocycles. The van der Waals surface area contributed by atoms with Crippen LogP contribution in [-0.2, 0) is 25.2 Å². The fourth-order valence-electron chi connectivity index (χ4n) is 4.78. The average Bonchev–Trinajstić information content (AvgIpc) is 2.92. The Morgan fingerprint density at radius 1 is 1.15 bits per heavy atom. The normalized spacial score (nSPS) is 21.4. The minimum absolute atomic E-state index is 0.0488. The largest absolute Gasteiger partial charge is 0.491 e. The predicted molar refractivity (Wildman–Crippen MR) is 143 cm³/mol. The second-order valence-electron chi connectivity index (χ2n) is 10.7. The maximum Gasteiger partial charge on any atom is 0.417 e. The summed E-state index contributed by atoms with van der Waals surface area (Å²) in [5.74, 6) is -0.963. The van der Waals surface area contributed by atoms with E-state index in [4.69, 9.17) is 9.47 Å². The van der Waals surface area contributed by atoms with Gasteiger partial charge in [-0.05, 0) is 49.5 Å². The fourth-order valence-corrected chi connectivity index (χ4v) is 4.78. The molecule has 0 spiro atoms. The molecule has 0 aromatic heterocycles. The number of aliphatic hydroxyl groups is 2. The zero-order chi connectivity index (χ0) is 29.7. The fraction of sp³-hybridized carbons (Fsp3) is 0.533. The summed E-state index contributed by atoms with van der Waals surface area (Å²) in [5, 5.41) is 19.7. The van der Waals surface area contributed by atoms with Gasteiger partial charge in [0, 0.05) is 24.6 Å². The van der Waals surface area contributed by atoms with Crippen molar-refractivity contribution in [3.63, 3.8) is 0 Å². The van der Waals surface area contributed by atoms with Gasteiger partial charge in [0.05, 0.1) is 17.0 Å². The number of halogens is 3. The van der Waals surface area contributed by atoms with Gasteiger partial charge in [-0.3, -0.25) is 9.59 Å². The van der Waals surface area contributed by atoms with Crippen LogP contribution >= 0.6 is 0 Å². The monoisotopic (exact) mass is 565 g/mol. The number of esters is 1. The molecule has 0 bridgehead atoms. The van der Waals surface area contributed by atoms with Gasteiger partial charge >= 0.3 is 12.1 Å². The van der Waals surface area contributed by atoms with Gasteiger partial charge in [0.15, 0.2) is 0 Å². The lowest BCUT2D eigenvalue weighted by molar-refractivity contribution is -0.161. The van der Waals surface area contributed by atoms with Crippen molar-refractivity contribution in [2.24, 2.45) is 17.3 Å². The van der Waals surface area contributed by atoms with Crippen molar-refractivity contribution in [3.8, 4) is 0 Å². The van der Waals surface area contributed by atoms with E-state index < -0.39 is 47.1 Å². The van der Waals surface area contributed by atoms with Gasteiger partial charge in [-0.1, -0.05) is 51.1 Å². The number of carbonyl (C=O) groups is 2. The number of aliphatic hydroxyl groups excluding tert-OH is 2. The highest BCUT2D eigenvalue weighted by atomic mass is 19.4. The molecule has 0 saturated heterocycles. The summed E-state index contributed by atoms with van der Waals surface area (Å²) < 4.78 is 52.2. The number of fused-ring (bicyclic) bond motifs is 1. The molecular formula is C30H38F3NO6. The summed E-state index contributed by atoms with van der Waals surface area (Å²) in [6.07, 6.45) is 1.69. The van der Waals surface area contributed by atoms with Gasteiger partial charge in [0.2, 0.25) is 0 Å².